The number of benzene rings is 2. The van der Waals surface area contributed by atoms with Crippen LogP contribution in [0.5, 0.6) is 11.8 Å². The summed E-state index contributed by atoms with van der Waals surface area (Å²) in [6, 6.07) is 12.3. The monoisotopic (exact) mass is 514 g/mol. The molecule has 0 aliphatic heterocycles. The van der Waals surface area contributed by atoms with Crippen LogP contribution in [0.25, 0.3) is 5.69 Å². The number of aromatic hydroxyl groups is 2. The molecule has 3 N–H and O–H groups in total. The van der Waals surface area contributed by atoms with E-state index in [1.54, 1.807) is 30.3 Å². The van der Waals surface area contributed by atoms with E-state index < -0.39 is 0 Å². The third-order valence-corrected chi connectivity index (χ3v) is 6.74. The standard InChI is InChI=1S/C22H16Br2N2O3/c23-14-5-8-17(16(24)10-14)25-20(27)11-3-6-15(7-4-11)26-21(28)18-12-1-2-13(9-12)19(18)22(26)29/h1-8,10,12-13,28-29H,9H2,(H,25,27)/t12-,13+. The normalized spacial score (nSPS) is 18.8. The molecule has 7 heteroatoms. The number of amides is 1. The first-order valence-corrected chi connectivity index (χ1v) is 10.7. The number of nitrogens with one attached hydrogen (secondary N) is 1. The number of aromatic nitrogens is 1. The molecule has 3 aromatic rings. The van der Waals surface area contributed by atoms with Gasteiger partial charge in [0, 0.05) is 37.5 Å². The quantitative estimate of drug-likeness (QED) is 0.385. The number of nitrogens with zero attached hydrogens (tertiary/aromatic N) is 1. The molecule has 5 nitrogen and oxygen atoms in total. The third kappa shape index (κ3) is 2.91. The van der Waals surface area contributed by atoms with Crippen LogP contribution in [0, 0.1) is 0 Å². The number of carbonyl (C=O) groups excluding carboxylic acids is 1. The minimum Gasteiger partial charge on any atom is -0.494 e. The predicted molar refractivity (Wildman–Crippen MR) is 118 cm³/mol. The van der Waals surface area contributed by atoms with Gasteiger partial charge in [-0.2, -0.15) is 0 Å². The number of anilines is 1. The maximum atomic E-state index is 12.6. The number of carbonyl (C=O) groups is 1. The lowest BCUT2D eigenvalue weighted by molar-refractivity contribution is 0.102. The van der Waals surface area contributed by atoms with Gasteiger partial charge in [-0.3, -0.25) is 9.36 Å². The smallest absolute Gasteiger partial charge is 0.255 e. The van der Waals surface area contributed by atoms with Gasteiger partial charge in [0.25, 0.3) is 5.91 Å². The Morgan fingerprint density at radius 3 is 2.17 bits per heavy atom. The Labute approximate surface area is 183 Å². The summed E-state index contributed by atoms with van der Waals surface area (Å²) in [6.07, 6.45) is 5.09. The third-order valence-electron chi connectivity index (χ3n) is 5.59. The number of allylic oxidation sites excluding steroid dienone is 2. The van der Waals surface area contributed by atoms with E-state index in [0.29, 0.717) is 16.9 Å². The highest BCUT2D eigenvalue weighted by Crippen LogP contribution is 2.57. The molecule has 2 aliphatic carbocycles. The van der Waals surface area contributed by atoms with Crippen LogP contribution in [0.4, 0.5) is 5.69 Å². The molecule has 0 unspecified atom stereocenters. The van der Waals surface area contributed by atoms with Crippen molar-refractivity contribution in [3.05, 3.63) is 80.3 Å². The highest BCUT2D eigenvalue weighted by molar-refractivity contribution is 9.11. The second kappa shape index (κ2) is 6.78. The molecule has 0 saturated heterocycles. The summed E-state index contributed by atoms with van der Waals surface area (Å²) >= 11 is 6.82. The maximum Gasteiger partial charge on any atom is 0.255 e. The van der Waals surface area contributed by atoms with Crippen LogP contribution in [0.15, 0.2) is 63.6 Å². The van der Waals surface area contributed by atoms with E-state index in [4.69, 9.17) is 0 Å². The Morgan fingerprint density at radius 2 is 1.59 bits per heavy atom. The van der Waals surface area contributed by atoms with Gasteiger partial charge in [0.1, 0.15) is 0 Å². The van der Waals surface area contributed by atoms with Gasteiger partial charge in [0.05, 0.1) is 11.4 Å². The Bertz CT molecular complexity index is 1150. The van der Waals surface area contributed by atoms with Crippen LogP contribution in [0.3, 0.4) is 0 Å². The van der Waals surface area contributed by atoms with Gasteiger partial charge in [-0.15, -0.1) is 0 Å². The maximum absolute atomic E-state index is 12.6. The zero-order valence-corrected chi connectivity index (χ0v) is 18.2. The summed E-state index contributed by atoms with van der Waals surface area (Å²) in [5.41, 5.74) is 3.38. The molecule has 1 aromatic heterocycles. The molecular weight excluding hydrogens is 500 g/mol. The van der Waals surface area contributed by atoms with E-state index in [0.717, 1.165) is 26.5 Å². The fourth-order valence-corrected chi connectivity index (χ4v) is 5.38. The van der Waals surface area contributed by atoms with Crippen LogP contribution in [-0.2, 0) is 0 Å². The van der Waals surface area contributed by atoms with Crippen molar-refractivity contribution in [1.29, 1.82) is 0 Å². The Balaban J connectivity index is 1.42. The number of hydrogen-bond acceptors (Lipinski definition) is 3. The molecule has 2 atom stereocenters. The van der Waals surface area contributed by atoms with E-state index >= 15 is 0 Å². The Kier molecular flexibility index (Phi) is 4.33. The van der Waals surface area contributed by atoms with Crippen LogP contribution >= 0.6 is 31.9 Å². The lowest BCUT2D eigenvalue weighted by Crippen LogP contribution is -2.12. The predicted octanol–water partition coefficient (Wildman–Crippen LogP) is 5.81. The van der Waals surface area contributed by atoms with E-state index in [9.17, 15) is 15.0 Å². The van der Waals surface area contributed by atoms with E-state index in [2.05, 4.69) is 49.3 Å². The minimum atomic E-state index is -0.245. The highest BCUT2D eigenvalue weighted by atomic mass is 79.9. The summed E-state index contributed by atoms with van der Waals surface area (Å²) in [6.45, 7) is 0. The van der Waals surface area contributed by atoms with Gasteiger partial charge < -0.3 is 15.5 Å². The lowest BCUT2D eigenvalue weighted by atomic mass is 10.0. The van der Waals surface area contributed by atoms with Gasteiger partial charge in [0.15, 0.2) is 0 Å². The van der Waals surface area contributed by atoms with Crippen molar-refractivity contribution in [1.82, 2.24) is 4.57 Å². The van der Waals surface area contributed by atoms with Gasteiger partial charge >= 0.3 is 0 Å². The molecule has 0 radical (unpaired) electrons. The van der Waals surface area contributed by atoms with Gasteiger partial charge in [-0.1, -0.05) is 28.1 Å². The van der Waals surface area contributed by atoms with E-state index in [-0.39, 0.29) is 29.5 Å². The summed E-state index contributed by atoms with van der Waals surface area (Å²) in [5.74, 6) is 0.231. The summed E-state index contributed by atoms with van der Waals surface area (Å²) in [7, 11) is 0. The summed E-state index contributed by atoms with van der Waals surface area (Å²) < 4.78 is 3.13. The minimum absolute atomic E-state index is 0.0744. The molecule has 29 heavy (non-hydrogen) atoms. The average Bonchev–Trinajstić information content (AvgIpc) is 3.38. The molecule has 5 rings (SSSR count). The zero-order valence-electron chi connectivity index (χ0n) is 15.1. The largest absolute Gasteiger partial charge is 0.494 e. The van der Waals surface area contributed by atoms with Crippen LogP contribution in [0.1, 0.15) is 39.7 Å². The number of halogens is 2. The molecule has 0 fully saturated rings. The highest BCUT2D eigenvalue weighted by Gasteiger charge is 2.41. The van der Waals surface area contributed by atoms with Crippen molar-refractivity contribution in [2.24, 2.45) is 0 Å². The first-order chi connectivity index (χ1) is 13.9. The van der Waals surface area contributed by atoms with Crippen molar-refractivity contribution >= 4 is 43.5 Å². The Morgan fingerprint density at radius 1 is 0.966 bits per heavy atom. The van der Waals surface area contributed by atoms with Crippen molar-refractivity contribution in [2.45, 2.75) is 18.3 Å². The summed E-state index contributed by atoms with van der Waals surface area (Å²) in [5, 5.41) is 24.3. The van der Waals surface area contributed by atoms with Crippen LogP contribution < -0.4 is 5.32 Å². The topological polar surface area (TPSA) is 74.5 Å². The molecule has 1 heterocycles. The van der Waals surface area contributed by atoms with Gasteiger partial charge in [0.2, 0.25) is 11.8 Å². The second-order valence-electron chi connectivity index (χ2n) is 7.27. The Hall–Kier alpha value is -2.51. The van der Waals surface area contributed by atoms with Crippen LogP contribution in [-0.4, -0.2) is 20.7 Å². The van der Waals surface area contributed by atoms with Gasteiger partial charge in [-0.05, 0) is 64.8 Å². The van der Waals surface area contributed by atoms with Crippen molar-refractivity contribution in [3.8, 4) is 17.4 Å². The summed E-state index contributed by atoms with van der Waals surface area (Å²) in [4.78, 5) is 12.6. The van der Waals surface area contributed by atoms with E-state index in [1.165, 1.54) is 4.57 Å². The van der Waals surface area contributed by atoms with Crippen molar-refractivity contribution < 1.29 is 15.0 Å². The van der Waals surface area contributed by atoms with Crippen molar-refractivity contribution in [3.63, 3.8) is 0 Å². The molecule has 0 saturated carbocycles. The molecular formula is C22H16Br2N2O3. The second-order valence-corrected chi connectivity index (χ2v) is 9.04. The first kappa shape index (κ1) is 18.5. The van der Waals surface area contributed by atoms with Gasteiger partial charge in [-0.25, -0.2) is 0 Å². The van der Waals surface area contributed by atoms with Crippen LogP contribution in [0.2, 0.25) is 0 Å². The fraction of sp³-hybridized carbons (Fsp3) is 0.136. The number of rotatable bonds is 3. The SMILES string of the molecule is O=C(Nc1ccc(Br)cc1Br)c1ccc(-n2c(O)c3c(c2O)[C@H]2C=C[C@@H]3C2)cc1. The lowest BCUT2D eigenvalue weighted by Gasteiger charge is -2.11. The zero-order chi connectivity index (χ0) is 20.3. The molecule has 0 spiro atoms. The van der Waals surface area contributed by atoms with Crippen molar-refractivity contribution in [2.75, 3.05) is 5.32 Å². The number of hydrogen-bond donors (Lipinski definition) is 3. The molecule has 146 valence electrons. The molecule has 1 amide bonds. The fourth-order valence-electron chi connectivity index (χ4n) is 4.23. The average molecular weight is 516 g/mol. The molecule has 2 aliphatic rings. The first-order valence-electron chi connectivity index (χ1n) is 9.15. The number of fused-ring (bicyclic) bond motifs is 5. The molecule has 2 aromatic carbocycles. The molecule has 2 bridgehead atoms. The van der Waals surface area contributed by atoms with E-state index in [1.807, 2.05) is 12.1 Å².